The van der Waals surface area contributed by atoms with Crippen LogP contribution in [0, 0.1) is 7.14 Å². The highest BCUT2D eigenvalue weighted by Crippen LogP contribution is 2.30. The minimum absolute atomic E-state index is 0.272. The molecule has 0 saturated carbocycles. The molecular formula is C19H12BrI2NO3. The zero-order valence-corrected chi connectivity index (χ0v) is 19.2. The molecule has 2 aromatic carbocycles. The van der Waals surface area contributed by atoms with Gasteiger partial charge in [-0.05, 0) is 93.2 Å². The third kappa shape index (κ3) is 4.55. The molecule has 0 atom stereocenters. The minimum atomic E-state index is -0.458. The molecule has 0 bridgehead atoms. The predicted octanol–water partition coefficient (Wildman–Crippen LogP) is 5.57. The molecule has 1 aliphatic rings. The van der Waals surface area contributed by atoms with Crippen LogP contribution in [0.25, 0.3) is 6.08 Å². The lowest BCUT2D eigenvalue weighted by atomic mass is 10.2. The molecule has 3 rings (SSSR count). The van der Waals surface area contributed by atoms with Crippen LogP contribution in [0.2, 0.25) is 0 Å². The second-order valence-electron chi connectivity index (χ2n) is 5.26. The van der Waals surface area contributed by atoms with Crippen molar-refractivity contribution in [1.82, 2.24) is 0 Å². The minimum Gasteiger partial charge on any atom is -0.487 e. The SMILES string of the molecule is C=CCOc1c(I)cc(/C=C2\N=C(c3ccc(Br)cc3)OC2=O)cc1I. The molecule has 26 heavy (non-hydrogen) atoms. The van der Waals surface area contributed by atoms with Crippen molar-refractivity contribution in [2.24, 2.45) is 4.99 Å². The van der Waals surface area contributed by atoms with Gasteiger partial charge in [0.1, 0.15) is 12.4 Å². The van der Waals surface area contributed by atoms with E-state index in [0.717, 1.165) is 28.5 Å². The molecule has 2 aromatic rings. The van der Waals surface area contributed by atoms with Gasteiger partial charge in [0, 0.05) is 10.0 Å². The van der Waals surface area contributed by atoms with Crippen LogP contribution in [-0.4, -0.2) is 18.5 Å². The maximum absolute atomic E-state index is 12.2. The first kappa shape index (κ1) is 19.6. The van der Waals surface area contributed by atoms with E-state index in [1.807, 2.05) is 36.4 Å². The van der Waals surface area contributed by atoms with Crippen molar-refractivity contribution < 1.29 is 14.3 Å². The number of benzene rings is 2. The first-order chi connectivity index (χ1) is 12.5. The van der Waals surface area contributed by atoms with Crippen molar-refractivity contribution in [3.05, 3.63) is 77.5 Å². The predicted molar refractivity (Wildman–Crippen MR) is 122 cm³/mol. The topological polar surface area (TPSA) is 47.9 Å². The molecule has 0 radical (unpaired) electrons. The van der Waals surface area contributed by atoms with Gasteiger partial charge in [0.25, 0.3) is 0 Å². The number of hydrogen-bond donors (Lipinski definition) is 0. The van der Waals surface area contributed by atoms with Gasteiger partial charge in [0.15, 0.2) is 5.70 Å². The molecule has 1 aliphatic heterocycles. The largest absolute Gasteiger partial charge is 0.487 e. The number of aliphatic imine (C=N–C) groups is 1. The van der Waals surface area contributed by atoms with Crippen LogP contribution >= 0.6 is 61.1 Å². The number of ether oxygens (including phenoxy) is 2. The second kappa shape index (κ2) is 8.66. The summed E-state index contributed by atoms with van der Waals surface area (Å²) < 4.78 is 13.8. The van der Waals surface area contributed by atoms with Crippen LogP contribution in [-0.2, 0) is 9.53 Å². The van der Waals surface area contributed by atoms with Crippen LogP contribution in [0.1, 0.15) is 11.1 Å². The van der Waals surface area contributed by atoms with E-state index in [0.29, 0.717) is 12.5 Å². The normalized spacial score (nSPS) is 15.0. The number of carbonyl (C=O) groups excluding carboxylic acids is 1. The smallest absolute Gasteiger partial charge is 0.363 e. The lowest BCUT2D eigenvalue weighted by Gasteiger charge is -2.09. The number of cyclic esters (lactones) is 1. The highest BCUT2D eigenvalue weighted by atomic mass is 127. The molecule has 132 valence electrons. The van der Waals surface area contributed by atoms with E-state index in [-0.39, 0.29) is 5.70 Å². The number of carbonyl (C=O) groups is 1. The Morgan fingerprint density at radius 1 is 1.19 bits per heavy atom. The molecule has 4 nitrogen and oxygen atoms in total. The number of esters is 1. The summed E-state index contributed by atoms with van der Waals surface area (Å²) in [6.45, 7) is 4.10. The Kier molecular flexibility index (Phi) is 6.51. The van der Waals surface area contributed by atoms with Crippen molar-refractivity contribution in [3.8, 4) is 5.75 Å². The van der Waals surface area contributed by atoms with E-state index in [1.54, 1.807) is 12.2 Å². The van der Waals surface area contributed by atoms with Gasteiger partial charge in [-0.1, -0.05) is 28.6 Å². The number of hydrogen-bond acceptors (Lipinski definition) is 4. The summed E-state index contributed by atoms with van der Waals surface area (Å²) in [4.78, 5) is 16.5. The Morgan fingerprint density at radius 3 is 2.46 bits per heavy atom. The Bertz CT molecular complexity index is 913. The lowest BCUT2D eigenvalue weighted by molar-refractivity contribution is -0.129. The Balaban J connectivity index is 1.90. The van der Waals surface area contributed by atoms with Gasteiger partial charge >= 0.3 is 5.97 Å². The molecule has 0 fully saturated rings. The van der Waals surface area contributed by atoms with Gasteiger partial charge in [-0.3, -0.25) is 0 Å². The summed E-state index contributed by atoms with van der Waals surface area (Å²) in [6, 6.07) is 11.3. The van der Waals surface area contributed by atoms with Gasteiger partial charge in [0.05, 0.1) is 7.14 Å². The zero-order chi connectivity index (χ0) is 18.7. The molecule has 0 spiro atoms. The van der Waals surface area contributed by atoms with Crippen molar-refractivity contribution >= 4 is 79.1 Å². The molecule has 7 heteroatoms. The zero-order valence-electron chi connectivity index (χ0n) is 13.3. The molecule has 0 unspecified atom stereocenters. The van der Waals surface area contributed by atoms with Crippen molar-refractivity contribution in [1.29, 1.82) is 0 Å². The monoisotopic (exact) mass is 635 g/mol. The molecule has 0 N–H and O–H groups in total. The van der Waals surface area contributed by atoms with Crippen LogP contribution in [0.3, 0.4) is 0 Å². The first-order valence-electron chi connectivity index (χ1n) is 7.49. The van der Waals surface area contributed by atoms with E-state index < -0.39 is 5.97 Å². The van der Waals surface area contributed by atoms with Crippen molar-refractivity contribution in [2.75, 3.05) is 6.61 Å². The molecule has 0 amide bonds. The molecular weight excluding hydrogens is 624 g/mol. The van der Waals surface area contributed by atoms with E-state index in [1.165, 1.54) is 0 Å². The van der Waals surface area contributed by atoms with Gasteiger partial charge in [-0.2, -0.15) is 0 Å². The average molecular weight is 636 g/mol. The highest BCUT2D eigenvalue weighted by molar-refractivity contribution is 14.1. The van der Waals surface area contributed by atoms with Crippen LogP contribution < -0.4 is 4.74 Å². The summed E-state index contributed by atoms with van der Waals surface area (Å²) in [6.07, 6.45) is 3.42. The molecule has 0 saturated heterocycles. The first-order valence-corrected chi connectivity index (χ1v) is 10.4. The van der Waals surface area contributed by atoms with Crippen molar-refractivity contribution in [3.63, 3.8) is 0 Å². The van der Waals surface area contributed by atoms with E-state index in [4.69, 9.17) is 9.47 Å². The van der Waals surface area contributed by atoms with E-state index >= 15 is 0 Å². The van der Waals surface area contributed by atoms with E-state index in [2.05, 4.69) is 72.7 Å². The summed E-state index contributed by atoms with van der Waals surface area (Å²) in [5.41, 5.74) is 1.88. The Labute approximate surface area is 186 Å². The summed E-state index contributed by atoms with van der Waals surface area (Å²) in [7, 11) is 0. The quantitative estimate of drug-likeness (QED) is 0.187. The van der Waals surface area contributed by atoms with Gasteiger partial charge < -0.3 is 9.47 Å². The molecule has 0 aromatic heterocycles. The molecule has 1 heterocycles. The van der Waals surface area contributed by atoms with Crippen molar-refractivity contribution in [2.45, 2.75) is 0 Å². The fourth-order valence-corrected chi connectivity index (χ4v) is 4.62. The highest BCUT2D eigenvalue weighted by Gasteiger charge is 2.24. The number of halogens is 3. The van der Waals surface area contributed by atoms with Crippen LogP contribution in [0.4, 0.5) is 0 Å². The number of nitrogens with zero attached hydrogens (tertiary/aromatic N) is 1. The standard InChI is InChI=1S/C19H12BrI2NO3/c1-2-7-25-17-14(21)8-11(9-15(17)22)10-16-19(24)26-18(23-16)12-3-5-13(20)6-4-12/h2-6,8-10H,1,7H2/b16-10-. The van der Waals surface area contributed by atoms with Gasteiger partial charge in [-0.25, -0.2) is 9.79 Å². The maximum Gasteiger partial charge on any atom is 0.363 e. The molecule has 0 aliphatic carbocycles. The number of rotatable bonds is 5. The van der Waals surface area contributed by atoms with Gasteiger partial charge in [-0.15, -0.1) is 0 Å². The summed E-state index contributed by atoms with van der Waals surface area (Å²) >= 11 is 7.80. The fraction of sp³-hybridized carbons (Fsp3) is 0.0526. The Morgan fingerprint density at radius 2 is 1.85 bits per heavy atom. The van der Waals surface area contributed by atoms with E-state index in [9.17, 15) is 4.79 Å². The fourth-order valence-electron chi connectivity index (χ4n) is 2.23. The second-order valence-corrected chi connectivity index (χ2v) is 8.50. The van der Waals surface area contributed by atoms with Gasteiger partial charge in [0.2, 0.25) is 5.90 Å². The van der Waals surface area contributed by atoms with Crippen LogP contribution in [0.15, 0.2) is 64.2 Å². The van der Waals surface area contributed by atoms with Crippen LogP contribution in [0.5, 0.6) is 5.75 Å². The average Bonchev–Trinajstić information content (AvgIpc) is 2.95. The lowest BCUT2D eigenvalue weighted by Crippen LogP contribution is -2.05. The summed E-state index contributed by atoms with van der Waals surface area (Å²) in [5, 5.41) is 0. The third-order valence-corrected chi connectivity index (χ3v) is 5.51. The third-order valence-electron chi connectivity index (χ3n) is 3.38. The maximum atomic E-state index is 12.2. The summed E-state index contributed by atoms with van der Waals surface area (Å²) in [5.74, 6) is 0.658. The Hall–Kier alpha value is -1.20.